The number of carbonyl (C=O) groups is 2. The average Bonchev–Trinajstić information content (AvgIpc) is 3.31. The Hall–Kier alpha value is -2.62. The Morgan fingerprint density at radius 3 is 2.42 bits per heavy atom. The summed E-state index contributed by atoms with van der Waals surface area (Å²) in [6, 6.07) is 9.72. The van der Waals surface area contributed by atoms with E-state index in [1.54, 1.807) is 18.4 Å². The van der Waals surface area contributed by atoms with Crippen LogP contribution in [0.3, 0.4) is 0 Å². The number of benzene rings is 1. The number of hydrogen-bond donors (Lipinski definition) is 1. The van der Waals surface area contributed by atoms with Crippen LogP contribution in [0.5, 0.6) is 11.5 Å². The number of rotatable bonds is 7. The average molecular weight is 445 g/mol. The summed E-state index contributed by atoms with van der Waals surface area (Å²) in [5, 5.41) is 4.68. The van der Waals surface area contributed by atoms with Crippen molar-refractivity contribution >= 4 is 28.8 Å². The Balaban J connectivity index is 1.43. The van der Waals surface area contributed by atoms with E-state index in [1.165, 1.54) is 0 Å². The van der Waals surface area contributed by atoms with E-state index in [9.17, 15) is 9.59 Å². The number of nitrogens with one attached hydrogen (secondary N) is 1. The van der Waals surface area contributed by atoms with Gasteiger partial charge in [-0.3, -0.25) is 19.4 Å². The van der Waals surface area contributed by atoms with Crippen LogP contribution in [0.2, 0.25) is 0 Å². The number of likely N-dealkylation sites (N-methyl/N-ethyl adjacent to an activating group) is 1. The smallest absolute Gasteiger partial charge is 0.241 e. The summed E-state index contributed by atoms with van der Waals surface area (Å²) in [5.74, 6) is 1.45. The molecular weight excluding hydrogens is 416 g/mol. The molecule has 0 atom stereocenters. The summed E-state index contributed by atoms with van der Waals surface area (Å²) >= 11 is 1.64. The molecule has 31 heavy (non-hydrogen) atoms. The highest BCUT2D eigenvalue weighted by molar-refractivity contribution is 7.09. The van der Waals surface area contributed by atoms with Gasteiger partial charge in [-0.15, -0.1) is 11.3 Å². The first-order valence-corrected chi connectivity index (χ1v) is 11.4. The number of carbonyl (C=O) groups excluding carboxylic acids is 2. The molecule has 4 rings (SSSR count). The van der Waals surface area contributed by atoms with Crippen molar-refractivity contribution in [2.24, 2.45) is 0 Å². The van der Waals surface area contributed by atoms with Crippen molar-refractivity contribution in [3.05, 3.63) is 40.6 Å². The van der Waals surface area contributed by atoms with E-state index in [0.29, 0.717) is 44.3 Å². The zero-order valence-corrected chi connectivity index (χ0v) is 18.5. The molecule has 1 saturated heterocycles. The van der Waals surface area contributed by atoms with Crippen LogP contribution >= 0.6 is 11.3 Å². The van der Waals surface area contributed by atoms with Crippen molar-refractivity contribution in [3.63, 3.8) is 0 Å². The lowest BCUT2D eigenvalue weighted by molar-refractivity contribution is -0.123. The maximum Gasteiger partial charge on any atom is 0.241 e. The first-order chi connectivity index (χ1) is 15.1. The van der Waals surface area contributed by atoms with E-state index < -0.39 is 0 Å². The fourth-order valence-electron chi connectivity index (χ4n) is 3.75. The number of anilines is 1. The third-order valence-corrected chi connectivity index (χ3v) is 6.36. The topological polar surface area (TPSA) is 74.4 Å². The van der Waals surface area contributed by atoms with Crippen LogP contribution in [-0.4, -0.2) is 81.1 Å². The molecule has 2 aliphatic heterocycles. The Morgan fingerprint density at radius 1 is 1.03 bits per heavy atom. The maximum absolute atomic E-state index is 13.4. The molecule has 1 aromatic heterocycles. The molecule has 0 radical (unpaired) electrons. The van der Waals surface area contributed by atoms with Gasteiger partial charge < -0.3 is 19.7 Å². The molecule has 1 fully saturated rings. The summed E-state index contributed by atoms with van der Waals surface area (Å²) in [5.41, 5.74) is 0.806. The zero-order valence-electron chi connectivity index (χ0n) is 17.7. The molecular formula is C22H28N4O4S. The van der Waals surface area contributed by atoms with Crippen LogP contribution in [0.25, 0.3) is 0 Å². The maximum atomic E-state index is 13.4. The number of fused-ring (bicyclic) bond motifs is 1. The molecule has 8 nitrogen and oxygen atoms in total. The molecule has 0 spiro atoms. The predicted molar refractivity (Wildman–Crippen MR) is 120 cm³/mol. The van der Waals surface area contributed by atoms with Crippen molar-refractivity contribution in [1.82, 2.24) is 15.1 Å². The second-order valence-electron chi connectivity index (χ2n) is 7.61. The first-order valence-electron chi connectivity index (χ1n) is 10.5. The third kappa shape index (κ3) is 5.55. The molecule has 2 aliphatic rings. The normalized spacial score (nSPS) is 16.7. The highest BCUT2D eigenvalue weighted by Gasteiger charge is 2.25. The number of ether oxygens (including phenoxy) is 2. The Bertz CT molecular complexity index is 897. The Labute approximate surface area is 186 Å². The van der Waals surface area contributed by atoms with Gasteiger partial charge in [0.1, 0.15) is 13.2 Å². The lowest BCUT2D eigenvalue weighted by Gasteiger charge is -2.35. The highest BCUT2D eigenvalue weighted by atomic mass is 32.1. The van der Waals surface area contributed by atoms with Crippen LogP contribution in [-0.2, 0) is 16.1 Å². The van der Waals surface area contributed by atoms with Crippen LogP contribution in [0.15, 0.2) is 35.7 Å². The van der Waals surface area contributed by atoms with Crippen LogP contribution in [0.1, 0.15) is 4.88 Å². The molecule has 1 N–H and O–H groups in total. The lowest BCUT2D eigenvalue weighted by atomic mass is 10.2. The lowest BCUT2D eigenvalue weighted by Crippen LogP contribution is -2.51. The fourth-order valence-corrected chi connectivity index (χ4v) is 4.44. The van der Waals surface area contributed by atoms with Gasteiger partial charge in [-0.2, -0.15) is 0 Å². The van der Waals surface area contributed by atoms with Crippen LogP contribution in [0.4, 0.5) is 5.69 Å². The molecule has 3 heterocycles. The van der Waals surface area contributed by atoms with E-state index in [2.05, 4.69) is 15.1 Å². The van der Waals surface area contributed by atoms with Crippen molar-refractivity contribution < 1.29 is 19.1 Å². The number of hydrogen-bond acceptors (Lipinski definition) is 7. The van der Waals surface area contributed by atoms with E-state index in [-0.39, 0.29) is 11.8 Å². The molecule has 166 valence electrons. The van der Waals surface area contributed by atoms with E-state index in [1.807, 2.05) is 40.6 Å². The quantitative estimate of drug-likeness (QED) is 0.696. The molecule has 2 amide bonds. The van der Waals surface area contributed by atoms with Gasteiger partial charge in [-0.25, -0.2) is 0 Å². The summed E-state index contributed by atoms with van der Waals surface area (Å²) in [6.45, 7) is 5.38. The molecule has 0 bridgehead atoms. The molecule has 0 aliphatic carbocycles. The van der Waals surface area contributed by atoms with Crippen molar-refractivity contribution in [3.8, 4) is 11.5 Å². The number of nitrogens with zero attached hydrogens (tertiary/aromatic N) is 3. The molecule has 0 unspecified atom stereocenters. The fraction of sp³-hybridized carbons (Fsp3) is 0.455. The van der Waals surface area contributed by atoms with Gasteiger partial charge in [-0.1, -0.05) is 6.07 Å². The zero-order chi connectivity index (χ0) is 21.6. The van der Waals surface area contributed by atoms with E-state index >= 15 is 0 Å². The number of piperazine rings is 1. The van der Waals surface area contributed by atoms with Gasteiger partial charge >= 0.3 is 0 Å². The Kier molecular flexibility index (Phi) is 7.06. The minimum absolute atomic E-state index is 0.0188. The minimum atomic E-state index is 0.0188. The highest BCUT2D eigenvalue weighted by Crippen LogP contribution is 2.34. The van der Waals surface area contributed by atoms with Crippen molar-refractivity contribution in [2.75, 3.05) is 64.4 Å². The van der Waals surface area contributed by atoms with Crippen LogP contribution < -0.4 is 19.7 Å². The largest absolute Gasteiger partial charge is 0.486 e. The predicted octanol–water partition coefficient (Wildman–Crippen LogP) is 1.42. The Morgan fingerprint density at radius 2 is 1.74 bits per heavy atom. The summed E-state index contributed by atoms with van der Waals surface area (Å²) in [6.07, 6.45) is 0. The number of thiophene rings is 1. The van der Waals surface area contributed by atoms with Gasteiger partial charge in [0.05, 0.1) is 19.6 Å². The van der Waals surface area contributed by atoms with Gasteiger partial charge in [0.2, 0.25) is 11.8 Å². The first kappa shape index (κ1) is 21.6. The second kappa shape index (κ2) is 10.1. The van der Waals surface area contributed by atoms with Crippen molar-refractivity contribution in [2.45, 2.75) is 6.54 Å². The minimum Gasteiger partial charge on any atom is -0.486 e. The summed E-state index contributed by atoms with van der Waals surface area (Å²) in [7, 11) is 1.65. The summed E-state index contributed by atoms with van der Waals surface area (Å²) < 4.78 is 11.3. The SMILES string of the molecule is CNC(=O)CN1CCN(CC(=O)N(Cc2cccs2)c2ccc3c(c2)OCCO3)CC1. The van der Waals surface area contributed by atoms with Gasteiger partial charge in [-0.05, 0) is 23.6 Å². The second-order valence-corrected chi connectivity index (χ2v) is 8.64. The molecule has 0 saturated carbocycles. The molecule has 9 heteroatoms. The van der Waals surface area contributed by atoms with Gasteiger partial charge in [0, 0.05) is 49.9 Å². The molecule has 2 aromatic rings. The monoisotopic (exact) mass is 444 g/mol. The molecule has 1 aromatic carbocycles. The van der Waals surface area contributed by atoms with E-state index in [4.69, 9.17) is 9.47 Å². The number of amides is 2. The van der Waals surface area contributed by atoms with Crippen LogP contribution in [0, 0.1) is 0 Å². The van der Waals surface area contributed by atoms with E-state index in [0.717, 1.165) is 36.7 Å². The third-order valence-electron chi connectivity index (χ3n) is 5.50. The summed E-state index contributed by atoms with van der Waals surface area (Å²) in [4.78, 5) is 32.2. The van der Waals surface area contributed by atoms with Gasteiger partial charge in [0.15, 0.2) is 11.5 Å². The van der Waals surface area contributed by atoms with Crippen molar-refractivity contribution in [1.29, 1.82) is 0 Å². The van der Waals surface area contributed by atoms with Gasteiger partial charge in [0.25, 0.3) is 0 Å². The standard InChI is InChI=1S/C22H28N4O4S/c1-23-21(27)15-24-6-8-25(9-7-24)16-22(28)26(14-18-3-2-12-31-18)17-4-5-19-20(13-17)30-11-10-29-19/h2-5,12-13H,6-11,14-16H2,1H3,(H,23,27).